The van der Waals surface area contributed by atoms with Gasteiger partial charge in [-0.3, -0.25) is 9.69 Å². The zero-order chi connectivity index (χ0) is 17.8. The van der Waals surface area contributed by atoms with Crippen LogP contribution in [0.4, 0.5) is 10.1 Å². The summed E-state index contributed by atoms with van der Waals surface area (Å²) in [5.74, 6) is 0.111. The van der Waals surface area contributed by atoms with Crippen LogP contribution in [0.5, 0.6) is 0 Å². The molecule has 3 nitrogen and oxygen atoms in total. The van der Waals surface area contributed by atoms with Crippen molar-refractivity contribution in [2.75, 3.05) is 18.4 Å². The molecule has 1 saturated heterocycles. The van der Waals surface area contributed by atoms with Gasteiger partial charge >= 0.3 is 0 Å². The highest BCUT2D eigenvalue weighted by Gasteiger charge is 2.27. The lowest BCUT2D eigenvalue weighted by Gasteiger charge is -2.24. The van der Waals surface area contributed by atoms with E-state index in [0.29, 0.717) is 12.5 Å². The number of nitrogens with zero attached hydrogens (tertiary/aromatic N) is 1. The van der Waals surface area contributed by atoms with Gasteiger partial charge in [0.1, 0.15) is 5.82 Å². The van der Waals surface area contributed by atoms with Crippen LogP contribution >= 0.6 is 0 Å². The smallest absolute Gasteiger partial charge is 0.238 e. The average molecular weight is 340 g/mol. The van der Waals surface area contributed by atoms with Crippen molar-refractivity contribution in [3.8, 4) is 0 Å². The Morgan fingerprint density at radius 1 is 1.24 bits per heavy atom. The van der Waals surface area contributed by atoms with Crippen LogP contribution in [0.3, 0.4) is 0 Å². The van der Waals surface area contributed by atoms with E-state index in [4.69, 9.17) is 0 Å². The Morgan fingerprint density at radius 2 is 2.04 bits per heavy atom. The second-order valence-electron chi connectivity index (χ2n) is 6.97. The molecule has 0 aromatic heterocycles. The third-order valence-electron chi connectivity index (χ3n) is 4.80. The third kappa shape index (κ3) is 4.26. The summed E-state index contributed by atoms with van der Waals surface area (Å²) in [6.45, 7) is 5.42. The Kier molecular flexibility index (Phi) is 5.49. The zero-order valence-electron chi connectivity index (χ0n) is 14.8. The molecule has 1 heterocycles. The molecule has 0 bridgehead atoms. The summed E-state index contributed by atoms with van der Waals surface area (Å²) in [7, 11) is 0. The Bertz CT molecular complexity index is 744. The van der Waals surface area contributed by atoms with E-state index < -0.39 is 0 Å². The Morgan fingerprint density at radius 3 is 2.80 bits per heavy atom. The number of anilines is 1. The normalized spacial score (nSPS) is 17.8. The fraction of sp³-hybridized carbons (Fsp3) is 0.381. The van der Waals surface area contributed by atoms with Gasteiger partial charge in [-0.25, -0.2) is 4.39 Å². The van der Waals surface area contributed by atoms with Gasteiger partial charge in [0.05, 0.1) is 6.54 Å². The lowest BCUT2D eigenvalue weighted by Crippen LogP contribution is -2.33. The minimum atomic E-state index is -0.223. The molecular weight excluding hydrogens is 315 g/mol. The van der Waals surface area contributed by atoms with Gasteiger partial charge in [0.15, 0.2) is 0 Å². The average Bonchev–Trinajstić information content (AvgIpc) is 3.03. The van der Waals surface area contributed by atoms with Gasteiger partial charge in [0.25, 0.3) is 0 Å². The molecule has 0 aliphatic carbocycles. The van der Waals surface area contributed by atoms with Gasteiger partial charge in [-0.1, -0.05) is 44.2 Å². The molecule has 25 heavy (non-hydrogen) atoms. The number of halogens is 1. The fourth-order valence-electron chi connectivity index (χ4n) is 3.60. The maximum Gasteiger partial charge on any atom is 0.238 e. The summed E-state index contributed by atoms with van der Waals surface area (Å²) in [5.41, 5.74) is 2.97. The first-order chi connectivity index (χ1) is 12.0. The molecule has 1 unspecified atom stereocenters. The number of para-hydroxylation sites is 1. The quantitative estimate of drug-likeness (QED) is 0.854. The number of hydrogen-bond donors (Lipinski definition) is 1. The number of carbonyl (C=O) groups is 1. The van der Waals surface area contributed by atoms with Gasteiger partial charge in [-0.2, -0.15) is 0 Å². The maximum atomic E-state index is 13.5. The van der Waals surface area contributed by atoms with Crippen molar-refractivity contribution < 1.29 is 9.18 Å². The predicted molar refractivity (Wildman–Crippen MR) is 99.1 cm³/mol. The highest BCUT2D eigenvalue weighted by atomic mass is 19.1. The summed E-state index contributed by atoms with van der Waals surface area (Å²) in [6, 6.07) is 14.7. The molecule has 2 aromatic rings. The lowest BCUT2D eigenvalue weighted by atomic mass is 10.0. The summed E-state index contributed by atoms with van der Waals surface area (Å²) >= 11 is 0. The number of hydrogen-bond acceptors (Lipinski definition) is 2. The number of carbonyl (C=O) groups excluding carboxylic acids is 1. The SMILES string of the molecule is CC(C)c1ccccc1NC(=O)CN1CCCC1c1cccc(F)c1. The number of benzene rings is 2. The number of likely N-dealkylation sites (tertiary alicyclic amines) is 1. The second kappa shape index (κ2) is 7.79. The molecule has 1 amide bonds. The van der Waals surface area contributed by atoms with E-state index in [2.05, 4.69) is 24.1 Å². The van der Waals surface area contributed by atoms with E-state index in [-0.39, 0.29) is 17.8 Å². The van der Waals surface area contributed by atoms with Crippen molar-refractivity contribution in [3.63, 3.8) is 0 Å². The highest BCUT2D eigenvalue weighted by molar-refractivity contribution is 5.93. The molecular formula is C21H25FN2O. The molecule has 4 heteroatoms. The first-order valence-electron chi connectivity index (χ1n) is 8.93. The number of nitrogens with one attached hydrogen (secondary N) is 1. The summed E-state index contributed by atoms with van der Waals surface area (Å²) in [4.78, 5) is 14.7. The monoisotopic (exact) mass is 340 g/mol. The first-order valence-corrected chi connectivity index (χ1v) is 8.93. The van der Waals surface area contributed by atoms with Gasteiger partial charge in [0, 0.05) is 11.7 Å². The second-order valence-corrected chi connectivity index (χ2v) is 6.97. The molecule has 0 spiro atoms. The molecule has 1 aliphatic rings. The van der Waals surface area contributed by atoms with Crippen LogP contribution in [-0.4, -0.2) is 23.9 Å². The molecule has 1 aliphatic heterocycles. The van der Waals surface area contributed by atoms with E-state index in [0.717, 1.165) is 36.2 Å². The van der Waals surface area contributed by atoms with Crippen molar-refractivity contribution in [2.45, 2.75) is 38.6 Å². The Hall–Kier alpha value is -2.20. The summed E-state index contributed by atoms with van der Waals surface area (Å²) < 4.78 is 13.5. The van der Waals surface area contributed by atoms with Crippen molar-refractivity contribution in [3.05, 3.63) is 65.5 Å². The molecule has 1 atom stereocenters. The minimum Gasteiger partial charge on any atom is -0.325 e. The molecule has 3 rings (SSSR count). The van der Waals surface area contributed by atoms with E-state index in [1.165, 1.54) is 6.07 Å². The molecule has 132 valence electrons. The topological polar surface area (TPSA) is 32.3 Å². The van der Waals surface area contributed by atoms with Crippen molar-refractivity contribution >= 4 is 11.6 Å². The predicted octanol–water partition coefficient (Wildman–Crippen LogP) is 4.72. The summed E-state index contributed by atoms with van der Waals surface area (Å²) in [6.07, 6.45) is 1.98. The van der Waals surface area contributed by atoms with Crippen LogP contribution in [0.15, 0.2) is 48.5 Å². The fourth-order valence-corrected chi connectivity index (χ4v) is 3.60. The van der Waals surface area contributed by atoms with Crippen LogP contribution in [0.1, 0.15) is 49.8 Å². The third-order valence-corrected chi connectivity index (χ3v) is 4.80. The lowest BCUT2D eigenvalue weighted by molar-refractivity contribution is -0.117. The minimum absolute atomic E-state index is 0.0172. The van der Waals surface area contributed by atoms with Gasteiger partial charge in [0.2, 0.25) is 5.91 Å². The molecule has 0 radical (unpaired) electrons. The van der Waals surface area contributed by atoms with Crippen LogP contribution < -0.4 is 5.32 Å². The highest BCUT2D eigenvalue weighted by Crippen LogP contribution is 2.32. The van der Waals surface area contributed by atoms with Crippen LogP contribution in [0.2, 0.25) is 0 Å². The largest absolute Gasteiger partial charge is 0.325 e. The van der Waals surface area contributed by atoms with Crippen molar-refractivity contribution in [1.82, 2.24) is 4.90 Å². The zero-order valence-corrected chi connectivity index (χ0v) is 14.8. The van der Waals surface area contributed by atoms with E-state index >= 15 is 0 Å². The van der Waals surface area contributed by atoms with Crippen LogP contribution in [-0.2, 0) is 4.79 Å². The molecule has 1 N–H and O–H groups in total. The van der Waals surface area contributed by atoms with Gasteiger partial charge in [-0.05, 0) is 54.6 Å². The van der Waals surface area contributed by atoms with Gasteiger partial charge < -0.3 is 5.32 Å². The van der Waals surface area contributed by atoms with Gasteiger partial charge in [-0.15, -0.1) is 0 Å². The molecule has 1 fully saturated rings. The Balaban J connectivity index is 1.68. The number of amides is 1. The molecule has 2 aromatic carbocycles. The number of rotatable bonds is 5. The van der Waals surface area contributed by atoms with E-state index in [9.17, 15) is 9.18 Å². The van der Waals surface area contributed by atoms with E-state index in [1.54, 1.807) is 12.1 Å². The Labute approximate surface area is 148 Å². The van der Waals surface area contributed by atoms with Crippen LogP contribution in [0, 0.1) is 5.82 Å². The maximum absolute atomic E-state index is 13.5. The molecule has 0 saturated carbocycles. The van der Waals surface area contributed by atoms with Crippen molar-refractivity contribution in [1.29, 1.82) is 0 Å². The van der Waals surface area contributed by atoms with Crippen molar-refractivity contribution in [2.24, 2.45) is 0 Å². The summed E-state index contributed by atoms with van der Waals surface area (Å²) in [5, 5.41) is 3.05. The van der Waals surface area contributed by atoms with Crippen LogP contribution in [0.25, 0.3) is 0 Å². The standard InChI is InChI=1S/C21H25FN2O/c1-15(2)18-9-3-4-10-19(18)23-21(25)14-24-12-6-11-20(24)16-7-5-8-17(22)13-16/h3-5,7-10,13,15,20H,6,11-12,14H2,1-2H3,(H,23,25). The van der Waals surface area contributed by atoms with E-state index in [1.807, 2.05) is 30.3 Å². The first kappa shape index (κ1) is 17.6.